The van der Waals surface area contributed by atoms with Crippen LogP contribution in [0.1, 0.15) is 33.1 Å². The van der Waals surface area contributed by atoms with Crippen LogP contribution in [0.5, 0.6) is 0 Å². The quantitative estimate of drug-likeness (QED) is 0.696. The molecule has 1 aliphatic rings. The van der Waals surface area contributed by atoms with Crippen molar-refractivity contribution in [3.8, 4) is 0 Å². The minimum absolute atomic E-state index is 0.0704. The molecule has 0 aromatic carbocycles. The lowest BCUT2D eigenvalue weighted by atomic mass is 10.0. The molecule has 0 bridgehead atoms. The van der Waals surface area contributed by atoms with E-state index in [9.17, 15) is 4.79 Å². The summed E-state index contributed by atoms with van der Waals surface area (Å²) in [6.45, 7) is 6.54. The second kappa shape index (κ2) is 6.21. The van der Waals surface area contributed by atoms with Gasteiger partial charge in [-0.15, -0.1) is 0 Å². The number of amides is 1. The van der Waals surface area contributed by atoms with Crippen molar-refractivity contribution in [2.75, 3.05) is 19.6 Å². The Labute approximate surface area is 98.3 Å². The molecule has 0 spiro atoms. The molecule has 0 aliphatic heterocycles. The summed E-state index contributed by atoms with van der Waals surface area (Å²) in [5, 5.41) is 0. The number of nitrogens with zero attached hydrogens (tertiary/aromatic N) is 1. The molecule has 0 saturated heterocycles. The fourth-order valence-electron chi connectivity index (χ4n) is 2.71. The van der Waals surface area contributed by atoms with E-state index >= 15 is 0 Å². The molecule has 4 heteroatoms. The maximum atomic E-state index is 11.1. The van der Waals surface area contributed by atoms with Crippen LogP contribution in [0, 0.1) is 11.8 Å². The zero-order valence-corrected chi connectivity index (χ0v) is 10.5. The van der Waals surface area contributed by atoms with Crippen LogP contribution in [0.15, 0.2) is 0 Å². The van der Waals surface area contributed by atoms with Crippen molar-refractivity contribution >= 4 is 5.91 Å². The Morgan fingerprint density at radius 3 is 2.69 bits per heavy atom. The van der Waals surface area contributed by atoms with E-state index in [4.69, 9.17) is 11.5 Å². The second-order valence-electron chi connectivity index (χ2n) is 4.89. The third kappa shape index (κ3) is 3.19. The number of carbonyl (C=O) groups is 1. The van der Waals surface area contributed by atoms with Crippen molar-refractivity contribution in [2.45, 2.75) is 39.2 Å². The molecule has 4 nitrogen and oxygen atoms in total. The van der Waals surface area contributed by atoms with Crippen molar-refractivity contribution < 1.29 is 4.79 Å². The molecule has 4 N–H and O–H groups in total. The van der Waals surface area contributed by atoms with E-state index in [2.05, 4.69) is 11.8 Å². The normalized spacial score (nSPS) is 27.2. The molecule has 94 valence electrons. The average molecular weight is 227 g/mol. The number of hydrogen-bond acceptors (Lipinski definition) is 3. The molecular formula is C12H25N3O. The predicted octanol–water partition coefficient (Wildman–Crippen LogP) is 0.557. The van der Waals surface area contributed by atoms with Gasteiger partial charge in [0.2, 0.25) is 5.91 Å². The fraction of sp³-hybridized carbons (Fsp3) is 0.917. The van der Waals surface area contributed by atoms with E-state index in [1.165, 1.54) is 19.3 Å². The highest BCUT2D eigenvalue weighted by molar-refractivity contribution is 5.76. The van der Waals surface area contributed by atoms with Gasteiger partial charge >= 0.3 is 0 Å². The minimum Gasteiger partial charge on any atom is -0.369 e. The second-order valence-corrected chi connectivity index (χ2v) is 4.89. The van der Waals surface area contributed by atoms with Gasteiger partial charge in [-0.25, -0.2) is 0 Å². The number of carbonyl (C=O) groups excluding carboxylic acids is 1. The largest absolute Gasteiger partial charge is 0.369 e. The van der Waals surface area contributed by atoms with Crippen LogP contribution in [0.25, 0.3) is 0 Å². The molecule has 0 heterocycles. The third-order valence-electron chi connectivity index (χ3n) is 3.79. The topological polar surface area (TPSA) is 72.3 Å². The summed E-state index contributed by atoms with van der Waals surface area (Å²) in [5.41, 5.74) is 11.1. The van der Waals surface area contributed by atoms with Gasteiger partial charge in [-0.05, 0) is 31.8 Å². The monoisotopic (exact) mass is 227 g/mol. The molecule has 3 atom stereocenters. The van der Waals surface area contributed by atoms with Crippen molar-refractivity contribution in [2.24, 2.45) is 23.3 Å². The summed E-state index contributed by atoms with van der Waals surface area (Å²) in [6.07, 6.45) is 3.69. The first-order valence-electron chi connectivity index (χ1n) is 6.33. The Hall–Kier alpha value is -0.610. The van der Waals surface area contributed by atoms with Gasteiger partial charge in [-0.3, -0.25) is 9.69 Å². The Morgan fingerprint density at radius 2 is 2.19 bits per heavy atom. The molecule has 1 fully saturated rings. The number of primary amides is 1. The SMILES string of the molecule is CCN(CC(C)C(N)=O)C1CCCC1CN. The van der Waals surface area contributed by atoms with E-state index in [0.29, 0.717) is 12.0 Å². The number of rotatable bonds is 6. The van der Waals surface area contributed by atoms with Crippen LogP contribution in [0.4, 0.5) is 0 Å². The van der Waals surface area contributed by atoms with Crippen LogP contribution in [-0.2, 0) is 4.79 Å². The summed E-state index contributed by atoms with van der Waals surface area (Å²) in [7, 11) is 0. The van der Waals surface area contributed by atoms with Gasteiger partial charge in [0.05, 0.1) is 0 Å². The van der Waals surface area contributed by atoms with E-state index < -0.39 is 0 Å². The Morgan fingerprint density at radius 1 is 1.50 bits per heavy atom. The van der Waals surface area contributed by atoms with Crippen LogP contribution < -0.4 is 11.5 Å². The van der Waals surface area contributed by atoms with Crippen molar-refractivity contribution in [3.63, 3.8) is 0 Å². The van der Waals surface area contributed by atoms with Gasteiger partial charge in [-0.1, -0.05) is 20.3 Å². The predicted molar refractivity (Wildman–Crippen MR) is 65.8 cm³/mol. The van der Waals surface area contributed by atoms with Crippen molar-refractivity contribution in [1.82, 2.24) is 4.90 Å². The van der Waals surface area contributed by atoms with Gasteiger partial charge in [-0.2, -0.15) is 0 Å². The molecule has 16 heavy (non-hydrogen) atoms. The zero-order valence-electron chi connectivity index (χ0n) is 10.5. The van der Waals surface area contributed by atoms with Crippen LogP contribution >= 0.6 is 0 Å². The molecule has 0 radical (unpaired) electrons. The average Bonchev–Trinajstić information content (AvgIpc) is 2.73. The Bertz CT molecular complexity index is 232. The molecule has 1 rings (SSSR count). The summed E-state index contributed by atoms with van der Waals surface area (Å²) in [4.78, 5) is 13.5. The molecule has 0 aromatic rings. The van der Waals surface area contributed by atoms with Gasteiger partial charge < -0.3 is 11.5 Å². The first-order valence-corrected chi connectivity index (χ1v) is 6.33. The first kappa shape index (κ1) is 13.5. The number of nitrogens with two attached hydrogens (primary N) is 2. The lowest BCUT2D eigenvalue weighted by Gasteiger charge is -2.33. The summed E-state index contributed by atoms with van der Waals surface area (Å²) >= 11 is 0. The molecule has 1 saturated carbocycles. The maximum absolute atomic E-state index is 11.1. The fourth-order valence-corrected chi connectivity index (χ4v) is 2.71. The molecular weight excluding hydrogens is 202 g/mol. The first-order chi connectivity index (χ1) is 7.60. The molecule has 1 aliphatic carbocycles. The molecule has 1 amide bonds. The smallest absolute Gasteiger partial charge is 0.221 e. The van der Waals surface area contributed by atoms with Gasteiger partial charge in [0.15, 0.2) is 0 Å². The highest BCUT2D eigenvalue weighted by Gasteiger charge is 2.31. The molecule has 0 aromatic heterocycles. The standard InChI is InChI=1S/C12H25N3O/c1-3-15(8-9(2)12(14)16)11-6-4-5-10(11)7-13/h9-11H,3-8,13H2,1-2H3,(H2,14,16). The van der Waals surface area contributed by atoms with Gasteiger partial charge in [0.25, 0.3) is 0 Å². The Balaban J connectivity index is 2.56. The van der Waals surface area contributed by atoms with Gasteiger partial charge in [0, 0.05) is 18.5 Å². The van der Waals surface area contributed by atoms with E-state index in [0.717, 1.165) is 19.6 Å². The summed E-state index contributed by atoms with van der Waals surface area (Å²) in [6, 6.07) is 0.553. The minimum atomic E-state index is -0.208. The lowest BCUT2D eigenvalue weighted by Crippen LogP contribution is -2.44. The zero-order chi connectivity index (χ0) is 12.1. The van der Waals surface area contributed by atoms with Crippen LogP contribution in [0.2, 0.25) is 0 Å². The molecule has 3 unspecified atom stereocenters. The van der Waals surface area contributed by atoms with Crippen LogP contribution in [0.3, 0.4) is 0 Å². The van der Waals surface area contributed by atoms with Crippen LogP contribution in [-0.4, -0.2) is 36.5 Å². The van der Waals surface area contributed by atoms with E-state index in [-0.39, 0.29) is 11.8 Å². The Kier molecular flexibility index (Phi) is 5.22. The third-order valence-corrected chi connectivity index (χ3v) is 3.79. The summed E-state index contributed by atoms with van der Waals surface area (Å²) in [5.74, 6) is 0.319. The van der Waals surface area contributed by atoms with E-state index in [1.807, 2.05) is 6.92 Å². The lowest BCUT2D eigenvalue weighted by molar-refractivity contribution is -0.122. The van der Waals surface area contributed by atoms with Gasteiger partial charge in [0.1, 0.15) is 0 Å². The maximum Gasteiger partial charge on any atom is 0.221 e. The van der Waals surface area contributed by atoms with Crippen molar-refractivity contribution in [1.29, 1.82) is 0 Å². The highest BCUT2D eigenvalue weighted by atomic mass is 16.1. The summed E-state index contributed by atoms with van der Waals surface area (Å²) < 4.78 is 0. The van der Waals surface area contributed by atoms with Crippen molar-refractivity contribution in [3.05, 3.63) is 0 Å². The highest BCUT2D eigenvalue weighted by Crippen LogP contribution is 2.29. The number of hydrogen-bond donors (Lipinski definition) is 2. The van der Waals surface area contributed by atoms with E-state index in [1.54, 1.807) is 0 Å².